The van der Waals surface area contributed by atoms with Crippen LogP contribution in [0.3, 0.4) is 0 Å². The first-order chi connectivity index (χ1) is 13.5. The number of methoxy groups -OCH3 is 1. The molecule has 0 aliphatic carbocycles. The first-order valence-electron chi connectivity index (χ1n) is 8.39. The van der Waals surface area contributed by atoms with E-state index in [1.807, 2.05) is 12.1 Å². The van der Waals surface area contributed by atoms with Crippen LogP contribution in [-0.2, 0) is 6.42 Å². The van der Waals surface area contributed by atoms with Crippen LogP contribution in [0, 0.1) is 0 Å². The maximum absolute atomic E-state index is 12.5. The molecular formula is C20H18N4O4. The summed E-state index contributed by atoms with van der Waals surface area (Å²) in [5.41, 5.74) is 6.10. The fourth-order valence-corrected chi connectivity index (χ4v) is 2.64. The molecule has 28 heavy (non-hydrogen) atoms. The number of benzene rings is 2. The molecule has 2 amide bonds. The van der Waals surface area contributed by atoms with E-state index in [-0.39, 0.29) is 16.9 Å². The number of anilines is 1. The number of amides is 2. The van der Waals surface area contributed by atoms with Crippen LogP contribution in [0.2, 0.25) is 0 Å². The molecule has 8 nitrogen and oxygen atoms in total. The number of aromatic amines is 1. The van der Waals surface area contributed by atoms with Gasteiger partial charge in [0.2, 0.25) is 0 Å². The molecule has 0 radical (unpaired) electrons. The Morgan fingerprint density at radius 3 is 2.54 bits per heavy atom. The Hall–Kier alpha value is -3.94. The molecule has 0 bridgehead atoms. The van der Waals surface area contributed by atoms with E-state index in [0.717, 1.165) is 11.6 Å². The summed E-state index contributed by atoms with van der Waals surface area (Å²) in [5.74, 6) is -0.233. The quantitative estimate of drug-likeness (QED) is 0.602. The number of hydrogen-bond donors (Lipinski definition) is 3. The Labute approximate surface area is 160 Å². The SMILES string of the molecule is COc1ccc(Cc2nc(C(=O)Nc3ccccc3C(N)=O)cc(=O)[nH]2)cc1. The van der Waals surface area contributed by atoms with Gasteiger partial charge in [0.1, 0.15) is 17.3 Å². The van der Waals surface area contributed by atoms with Crippen LogP contribution in [-0.4, -0.2) is 28.9 Å². The zero-order valence-electron chi connectivity index (χ0n) is 15.1. The van der Waals surface area contributed by atoms with E-state index in [1.54, 1.807) is 37.4 Å². The highest BCUT2D eigenvalue weighted by atomic mass is 16.5. The normalized spacial score (nSPS) is 10.3. The van der Waals surface area contributed by atoms with Gasteiger partial charge in [-0.2, -0.15) is 0 Å². The highest BCUT2D eigenvalue weighted by molar-refractivity contribution is 6.07. The minimum absolute atomic E-state index is 0.0634. The molecule has 3 rings (SSSR count). The third kappa shape index (κ3) is 4.42. The lowest BCUT2D eigenvalue weighted by molar-refractivity contribution is 0.100. The second-order valence-corrected chi connectivity index (χ2v) is 5.97. The van der Waals surface area contributed by atoms with Crippen molar-refractivity contribution in [3.63, 3.8) is 0 Å². The number of hydrogen-bond acceptors (Lipinski definition) is 5. The highest BCUT2D eigenvalue weighted by Gasteiger charge is 2.14. The van der Waals surface area contributed by atoms with Crippen LogP contribution in [0.25, 0.3) is 0 Å². The van der Waals surface area contributed by atoms with Gasteiger partial charge in [-0.1, -0.05) is 24.3 Å². The molecule has 0 fully saturated rings. The van der Waals surface area contributed by atoms with Crippen LogP contribution in [0.15, 0.2) is 59.4 Å². The maximum atomic E-state index is 12.5. The smallest absolute Gasteiger partial charge is 0.274 e. The summed E-state index contributed by atoms with van der Waals surface area (Å²) in [6.45, 7) is 0. The third-order valence-electron chi connectivity index (χ3n) is 3.99. The Kier molecular flexibility index (Phi) is 5.50. The number of H-pyrrole nitrogens is 1. The van der Waals surface area contributed by atoms with Gasteiger partial charge in [-0.05, 0) is 29.8 Å². The largest absolute Gasteiger partial charge is 0.497 e. The van der Waals surface area contributed by atoms with Crippen molar-refractivity contribution in [1.82, 2.24) is 9.97 Å². The number of nitrogens with one attached hydrogen (secondary N) is 2. The lowest BCUT2D eigenvalue weighted by atomic mass is 10.1. The number of aromatic nitrogens is 2. The van der Waals surface area contributed by atoms with E-state index in [0.29, 0.717) is 18.0 Å². The van der Waals surface area contributed by atoms with E-state index in [9.17, 15) is 14.4 Å². The molecule has 1 heterocycles. The molecule has 3 aromatic rings. The maximum Gasteiger partial charge on any atom is 0.274 e. The van der Waals surface area contributed by atoms with E-state index < -0.39 is 17.4 Å². The molecule has 0 spiro atoms. The summed E-state index contributed by atoms with van der Waals surface area (Å²) in [6.07, 6.45) is 0.332. The lowest BCUT2D eigenvalue weighted by Crippen LogP contribution is -2.22. The van der Waals surface area contributed by atoms with Gasteiger partial charge in [0.05, 0.1) is 18.4 Å². The number of para-hydroxylation sites is 1. The first-order valence-corrected chi connectivity index (χ1v) is 8.39. The predicted molar refractivity (Wildman–Crippen MR) is 104 cm³/mol. The summed E-state index contributed by atoms with van der Waals surface area (Å²) < 4.78 is 5.11. The molecule has 0 atom stereocenters. The monoisotopic (exact) mass is 378 g/mol. The van der Waals surface area contributed by atoms with E-state index >= 15 is 0 Å². The predicted octanol–water partition coefficient (Wildman–Crippen LogP) is 1.72. The van der Waals surface area contributed by atoms with Crippen molar-refractivity contribution >= 4 is 17.5 Å². The third-order valence-corrected chi connectivity index (χ3v) is 3.99. The molecule has 8 heteroatoms. The number of nitrogens with zero attached hydrogens (tertiary/aromatic N) is 1. The van der Waals surface area contributed by atoms with Gasteiger partial charge in [0, 0.05) is 12.5 Å². The van der Waals surface area contributed by atoms with E-state index in [4.69, 9.17) is 10.5 Å². The van der Waals surface area contributed by atoms with Crippen LogP contribution in [0.1, 0.15) is 32.2 Å². The van der Waals surface area contributed by atoms with Crippen LogP contribution >= 0.6 is 0 Å². The Morgan fingerprint density at radius 1 is 1.14 bits per heavy atom. The van der Waals surface area contributed by atoms with Crippen molar-refractivity contribution in [2.45, 2.75) is 6.42 Å². The highest BCUT2D eigenvalue weighted by Crippen LogP contribution is 2.16. The molecule has 0 saturated heterocycles. The Bertz CT molecular complexity index is 1070. The zero-order chi connectivity index (χ0) is 20.1. The van der Waals surface area contributed by atoms with Crippen molar-refractivity contribution in [2.24, 2.45) is 5.73 Å². The van der Waals surface area contributed by atoms with Gasteiger partial charge in [-0.25, -0.2) is 4.98 Å². The number of nitrogens with two attached hydrogens (primary N) is 1. The second kappa shape index (κ2) is 8.17. The van der Waals surface area contributed by atoms with Crippen molar-refractivity contribution in [1.29, 1.82) is 0 Å². The average molecular weight is 378 g/mol. The summed E-state index contributed by atoms with van der Waals surface area (Å²) >= 11 is 0. The standard InChI is InChI=1S/C20H18N4O4/c1-28-13-8-6-12(7-9-13)10-17-22-16(11-18(25)24-17)20(27)23-15-5-3-2-4-14(15)19(21)26/h2-9,11H,10H2,1H3,(H2,21,26)(H,23,27)(H,22,24,25). The first kappa shape index (κ1) is 18.8. The minimum Gasteiger partial charge on any atom is -0.497 e. The molecule has 2 aromatic carbocycles. The number of primary amides is 1. The van der Waals surface area contributed by atoms with Gasteiger partial charge in [-0.15, -0.1) is 0 Å². The Balaban J connectivity index is 1.83. The molecule has 4 N–H and O–H groups in total. The molecule has 0 unspecified atom stereocenters. The van der Waals surface area contributed by atoms with Crippen molar-refractivity contribution in [3.8, 4) is 5.75 Å². The Morgan fingerprint density at radius 2 is 1.86 bits per heavy atom. The summed E-state index contributed by atoms with van der Waals surface area (Å²) in [6, 6.07) is 14.7. The van der Waals surface area contributed by atoms with Crippen molar-refractivity contribution in [2.75, 3.05) is 12.4 Å². The van der Waals surface area contributed by atoms with Gasteiger partial charge >= 0.3 is 0 Å². The lowest BCUT2D eigenvalue weighted by Gasteiger charge is -2.09. The fraction of sp³-hybridized carbons (Fsp3) is 0.100. The van der Waals surface area contributed by atoms with E-state index in [1.165, 1.54) is 6.07 Å². The minimum atomic E-state index is -0.671. The molecule has 142 valence electrons. The molecular weight excluding hydrogens is 360 g/mol. The molecule has 0 saturated carbocycles. The van der Waals surface area contributed by atoms with E-state index in [2.05, 4.69) is 15.3 Å². The number of ether oxygens (including phenoxy) is 1. The average Bonchev–Trinajstić information content (AvgIpc) is 2.68. The summed E-state index contributed by atoms with van der Waals surface area (Å²) in [5, 5.41) is 2.57. The topological polar surface area (TPSA) is 127 Å². The van der Waals surface area contributed by atoms with Crippen LogP contribution in [0.4, 0.5) is 5.69 Å². The summed E-state index contributed by atoms with van der Waals surface area (Å²) in [7, 11) is 1.58. The molecule has 0 aliphatic heterocycles. The van der Waals surface area contributed by atoms with Gasteiger partial charge in [0.15, 0.2) is 0 Å². The second-order valence-electron chi connectivity index (χ2n) is 5.97. The molecule has 0 aliphatic rings. The van der Waals surface area contributed by atoms with Crippen molar-refractivity contribution < 1.29 is 14.3 Å². The number of carbonyl (C=O) groups excluding carboxylic acids is 2. The molecule has 1 aromatic heterocycles. The van der Waals surface area contributed by atoms with Gasteiger partial charge < -0.3 is 20.8 Å². The fourth-order valence-electron chi connectivity index (χ4n) is 2.64. The van der Waals surface area contributed by atoms with Gasteiger partial charge in [0.25, 0.3) is 17.4 Å². The van der Waals surface area contributed by atoms with Gasteiger partial charge in [-0.3, -0.25) is 14.4 Å². The van der Waals surface area contributed by atoms with Crippen LogP contribution in [0.5, 0.6) is 5.75 Å². The number of carbonyl (C=O) groups is 2. The van der Waals surface area contributed by atoms with Crippen LogP contribution < -0.4 is 21.3 Å². The summed E-state index contributed by atoms with van der Waals surface area (Å²) in [4.78, 5) is 42.8. The number of rotatable bonds is 6. The zero-order valence-corrected chi connectivity index (χ0v) is 15.1. The van der Waals surface area contributed by atoms with Crippen molar-refractivity contribution in [3.05, 3.63) is 87.6 Å².